The van der Waals surface area contributed by atoms with E-state index < -0.39 is 0 Å². The highest BCUT2D eigenvalue weighted by atomic mass is 35.5. The van der Waals surface area contributed by atoms with Crippen LogP contribution < -0.4 is 9.64 Å². The highest BCUT2D eigenvalue weighted by Gasteiger charge is 2.24. The third-order valence-electron chi connectivity index (χ3n) is 7.16. The summed E-state index contributed by atoms with van der Waals surface area (Å²) in [4.78, 5) is 17.4. The Kier molecular flexibility index (Phi) is 6.30. The summed E-state index contributed by atoms with van der Waals surface area (Å²) in [5.74, 6) is 1.93. The highest BCUT2D eigenvalue weighted by Crippen LogP contribution is 2.41. The van der Waals surface area contributed by atoms with E-state index in [1.54, 1.807) is 13.2 Å². The maximum atomic E-state index is 13.2. The molecule has 2 aliphatic rings. The molecule has 6 heteroatoms. The maximum Gasteiger partial charge on any atom is 0.246 e. The van der Waals surface area contributed by atoms with Crippen LogP contribution >= 0.6 is 11.6 Å². The average Bonchev–Trinajstić information content (AvgIpc) is 3.23. The number of furan rings is 1. The van der Waals surface area contributed by atoms with E-state index in [2.05, 4.69) is 17.0 Å². The van der Waals surface area contributed by atoms with Gasteiger partial charge in [-0.2, -0.15) is 0 Å². The molecule has 2 aromatic carbocycles. The van der Waals surface area contributed by atoms with Crippen LogP contribution in [0.1, 0.15) is 42.2 Å². The molecule has 1 saturated heterocycles. The Bertz CT molecular complexity index is 1270. The van der Waals surface area contributed by atoms with Crippen LogP contribution in [-0.2, 0) is 17.6 Å². The zero-order chi connectivity index (χ0) is 23.8. The Morgan fingerprint density at radius 1 is 1.12 bits per heavy atom. The number of piperazine rings is 1. The number of hydrogen-bond acceptors (Lipinski definition) is 4. The summed E-state index contributed by atoms with van der Waals surface area (Å²) in [5.41, 5.74) is 6.22. The van der Waals surface area contributed by atoms with Crippen molar-refractivity contribution in [3.05, 3.63) is 63.9 Å². The number of ether oxygens (including phenoxy) is 1. The Labute approximate surface area is 205 Å². The van der Waals surface area contributed by atoms with Crippen molar-refractivity contribution in [2.75, 3.05) is 38.2 Å². The van der Waals surface area contributed by atoms with Crippen molar-refractivity contribution in [3.63, 3.8) is 0 Å². The monoisotopic (exact) mass is 478 g/mol. The van der Waals surface area contributed by atoms with Gasteiger partial charge in [-0.05, 0) is 62.9 Å². The molecule has 1 aliphatic carbocycles. The maximum absolute atomic E-state index is 13.2. The highest BCUT2D eigenvalue weighted by molar-refractivity contribution is 6.30. The van der Waals surface area contributed by atoms with Gasteiger partial charge in [0.25, 0.3) is 0 Å². The molecule has 5 nitrogen and oxygen atoms in total. The fraction of sp³-hybridized carbons (Fsp3) is 0.393. The molecule has 1 aromatic heterocycles. The molecule has 3 aromatic rings. The first-order valence-electron chi connectivity index (χ1n) is 12.1. The molecule has 0 atom stereocenters. The first-order valence-corrected chi connectivity index (χ1v) is 12.4. The molecular weight excluding hydrogens is 448 g/mol. The Morgan fingerprint density at radius 2 is 1.88 bits per heavy atom. The van der Waals surface area contributed by atoms with Crippen molar-refractivity contribution in [2.24, 2.45) is 0 Å². The average molecular weight is 479 g/mol. The van der Waals surface area contributed by atoms with Gasteiger partial charge in [-0.3, -0.25) is 4.79 Å². The molecule has 0 saturated carbocycles. The minimum Gasteiger partial charge on any atom is -0.496 e. The van der Waals surface area contributed by atoms with Gasteiger partial charge in [0.2, 0.25) is 5.91 Å². The van der Waals surface area contributed by atoms with Crippen molar-refractivity contribution in [1.29, 1.82) is 0 Å². The van der Waals surface area contributed by atoms with Crippen LogP contribution in [0.4, 0.5) is 5.69 Å². The molecular formula is C28H31ClN2O3. The molecule has 0 spiro atoms. The summed E-state index contributed by atoms with van der Waals surface area (Å²) in [5, 5.41) is 1.90. The summed E-state index contributed by atoms with van der Waals surface area (Å²) in [6, 6.07) is 10.0. The SMILES string of the molecule is COc1c(/C(C)=C/C(=O)N2CCN(c3cccc(Cl)c3)CC2)cc2c3c(oc2c1C)CCCC3. The van der Waals surface area contributed by atoms with E-state index in [0.29, 0.717) is 13.1 Å². The number of carbonyl (C=O) groups is 1. The molecule has 1 fully saturated rings. The van der Waals surface area contributed by atoms with Crippen LogP contribution in [-0.4, -0.2) is 44.1 Å². The van der Waals surface area contributed by atoms with Gasteiger partial charge in [0.15, 0.2) is 0 Å². The lowest BCUT2D eigenvalue weighted by Crippen LogP contribution is -2.48. The van der Waals surface area contributed by atoms with Gasteiger partial charge in [-0.15, -0.1) is 0 Å². The standard InChI is InChI=1S/C28H31ClN2O3/c1-18(15-26(32)31-13-11-30(12-14-31)21-8-6-7-20(29)16-21)23-17-24-22-9-4-5-10-25(22)34-28(24)19(2)27(23)33-3/h6-8,15-17H,4-5,9-14H2,1-3H3/b18-15+. The van der Waals surface area contributed by atoms with Crippen LogP contribution in [0.3, 0.4) is 0 Å². The molecule has 2 heterocycles. The second-order valence-corrected chi connectivity index (χ2v) is 9.73. The van der Waals surface area contributed by atoms with Gasteiger partial charge in [0.05, 0.1) is 7.11 Å². The summed E-state index contributed by atoms with van der Waals surface area (Å²) in [6.45, 7) is 6.97. The molecule has 0 radical (unpaired) electrons. The molecule has 5 rings (SSSR count). The molecule has 1 amide bonds. The first-order chi connectivity index (χ1) is 16.5. The van der Waals surface area contributed by atoms with E-state index >= 15 is 0 Å². The zero-order valence-corrected chi connectivity index (χ0v) is 20.9. The number of methoxy groups -OCH3 is 1. The number of halogens is 1. The predicted molar refractivity (Wildman–Crippen MR) is 138 cm³/mol. The van der Waals surface area contributed by atoms with Crippen molar-refractivity contribution < 1.29 is 13.9 Å². The van der Waals surface area contributed by atoms with Crippen LogP contribution in [0.2, 0.25) is 5.02 Å². The summed E-state index contributed by atoms with van der Waals surface area (Å²) < 4.78 is 12.0. The number of aryl methyl sites for hydroxylation is 3. The minimum atomic E-state index is 0.0391. The smallest absolute Gasteiger partial charge is 0.246 e. The molecule has 178 valence electrons. The topological polar surface area (TPSA) is 45.9 Å². The van der Waals surface area contributed by atoms with E-state index in [1.165, 1.54) is 23.8 Å². The lowest BCUT2D eigenvalue weighted by molar-refractivity contribution is -0.126. The van der Waals surface area contributed by atoms with E-state index in [9.17, 15) is 4.79 Å². The molecule has 0 N–H and O–H groups in total. The lowest BCUT2D eigenvalue weighted by atomic mass is 9.93. The predicted octanol–water partition coefficient (Wildman–Crippen LogP) is 6.03. The first kappa shape index (κ1) is 22.9. The number of allylic oxidation sites excluding steroid dienone is 1. The number of fused-ring (bicyclic) bond motifs is 3. The lowest BCUT2D eigenvalue weighted by Gasteiger charge is -2.35. The number of benzene rings is 2. The summed E-state index contributed by atoms with van der Waals surface area (Å²) in [6.07, 6.45) is 6.16. The molecule has 34 heavy (non-hydrogen) atoms. The fourth-order valence-electron chi connectivity index (χ4n) is 5.30. The Morgan fingerprint density at radius 3 is 2.62 bits per heavy atom. The van der Waals surface area contributed by atoms with Gasteiger partial charge < -0.3 is 19.0 Å². The normalized spacial score (nSPS) is 16.6. The fourth-order valence-corrected chi connectivity index (χ4v) is 5.49. The quantitative estimate of drug-likeness (QED) is 0.429. The number of hydrogen-bond donors (Lipinski definition) is 0. The van der Waals surface area contributed by atoms with E-state index in [-0.39, 0.29) is 5.91 Å². The van der Waals surface area contributed by atoms with Crippen LogP contribution in [0.25, 0.3) is 16.5 Å². The second-order valence-electron chi connectivity index (χ2n) is 9.29. The van der Waals surface area contributed by atoms with Crippen molar-refractivity contribution in [1.82, 2.24) is 4.90 Å². The Hall–Kier alpha value is -2.92. The number of nitrogens with zero attached hydrogens (tertiary/aromatic N) is 2. The molecule has 0 bridgehead atoms. The number of carbonyl (C=O) groups excluding carboxylic acids is 1. The van der Waals surface area contributed by atoms with E-state index in [0.717, 1.165) is 70.4 Å². The van der Waals surface area contributed by atoms with Crippen LogP contribution in [0.5, 0.6) is 5.75 Å². The van der Waals surface area contributed by atoms with Crippen molar-refractivity contribution in [2.45, 2.75) is 39.5 Å². The molecule has 0 unspecified atom stereocenters. The Balaban J connectivity index is 1.38. The number of rotatable bonds is 4. The van der Waals surface area contributed by atoms with Crippen LogP contribution in [0.15, 0.2) is 40.8 Å². The summed E-state index contributed by atoms with van der Waals surface area (Å²) >= 11 is 6.15. The minimum absolute atomic E-state index is 0.0391. The van der Waals surface area contributed by atoms with Gasteiger partial charge in [-0.25, -0.2) is 0 Å². The van der Waals surface area contributed by atoms with Crippen molar-refractivity contribution >= 4 is 39.7 Å². The van der Waals surface area contributed by atoms with Crippen LogP contribution in [0, 0.1) is 6.92 Å². The van der Waals surface area contributed by atoms with Crippen molar-refractivity contribution in [3.8, 4) is 5.75 Å². The van der Waals surface area contributed by atoms with Gasteiger partial charge in [0.1, 0.15) is 17.1 Å². The molecule has 1 aliphatic heterocycles. The largest absolute Gasteiger partial charge is 0.496 e. The van der Waals surface area contributed by atoms with E-state index in [4.69, 9.17) is 20.8 Å². The third kappa shape index (κ3) is 4.18. The number of anilines is 1. The van der Waals surface area contributed by atoms with Gasteiger partial charge in [0, 0.05) is 71.5 Å². The van der Waals surface area contributed by atoms with E-state index in [1.807, 2.05) is 36.9 Å². The zero-order valence-electron chi connectivity index (χ0n) is 20.1. The second kappa shape index (κ2) is 9.38. The summed E-state index contributed by atoms with van der Waals surface area (Å²) in [7, 11) is 1.69. The third-order valence-corrected chi connectivity index (χ3v) is 7.40. The van der Waals surface area contributed by atoms with Gasteiger partial charge in [-0.1, -0.05) is 17.7 Å². The van der Waals surface area contributed by atoms with Gasteiger partial charge >= 0.3 is 0 Å². The number of amides is 1.